The summed E-state index contributed by atoms with van der Waals surface area (Å²) in [7, 11) is 0. The third-order valence-electron chi connectivity index (χ3n) is 3.20. The van der Waals surface area contributed by atoms with Crippen molar-refractivity contribution in [2.75, 3.05) is 0 Å². The highest BCUT2D eigenvalue weighted by atomic mass is 35.5. The van der Waals surface area contributed by atoms with Gasteiger partial charge in [0.25, 0.3) is 5.56 Å². The van der Waals surface area contributed by atoms with Crippen molar-refractivity contribution in [3.8, 4) is 6.07 Å². The molecule has 0 atom stereocenters. The van der Waals surface area contributed by atoms with Gasteiger partial charge in [0, 0.05) is 5.02 Å². The van der Waals surface area contributed by atoms with E-state index in [1.54, 1.807) is 42.5 Å². The second-order valence-corrected chi connectivity index (χ2v) is 5.65. The highest BCUT2D eigenvalue weighted by Crippen LogP contribution is 2.21. The first-order valence-corrected chi connectivity index (χ1v) is 7.40. The van der Waals surface area contributed by atoms with Gasteiger partial charge in [-0.05, 0) is 42.0 Å². The number of hydrogen-bond acceptors (Lipinski definition) is 3. The van der Waals surface area contributed by atoms with Gasteiger partial charge in [-0.1, -0.05) is 35.3 Å². The first-order chi connectivity index (χ1) is 11.1. The molecule has 112 valence electrons. The first-order valence-electron chi connectivity index (χ1n) is 6.64. The van der Waals surface area contributed by atoms with Crippen LogP contribution in [0.15, 0.2) is 47.3 Å². The molecule has 6 heteroatoms. The lowest BCUT2D eigenvalue weighted by Crippen LogP contribution is -2.10. The van der Waals surface area contributed by atoms with Crippen LogP contribution in [0.1, 0.15) is 17.0 Å². The van der Waals surface area contributed by atoms with Crippen LogP contribution >= 0.6 is 23.2 Å². The van der Waals surface area contributed by atoms with Crippen molar-refractivity contribution in [3.63, 3.8) is 0 Å². The second-order valence-electron chi connectivity index (χ2n) is 4.81. The molecule has 1 aromatic heterocycles. The van der Waals surface area contributed by atoms with E-state index in [0.29, 0.717) is 21.5 Å². The normalized spacial score (nSPS) is 11.4. The molecule has 1 N–H and O–H groups in total. The van der Waals surface area contributed by atoms with Crippen LogP contribution in [0.4, 0.5) is 0 Å². The van der Waals surface area contributed by atoms with Crippen LogP contribution in [-0.4, -0.2) is 9.97 Å². The Labute approximate surface area is 141 Å². The van der Waals surface area contributed by atoms with Crippen molar-refractivity contribution in [1.82, 2.24) is 9.97 Å². The smallest absolute Gasteiger partial charge is 0.259 e. The number of benzene rings is 2. The molecule has 1 heterocycles. The highest BCUT2D eigenvalue weighted by molar-refractivity contribution is 6.50. The molecule has 0 fully saturated rings. The van der Waals surface area contributed by atoms with Gasteiger partial charge >= 0.3 is 0 Å². The molecule has 3 rings (SSSR count). The van der Waals surface area contributed by atoms with Crippen molar-refractivity contribution in [2.24, 2.45) is 0 Å². The molecule has 0 aliphatic carbocycles. The number of rotatable bonds is 2. The fourth-order valence-corrected chi connectivity index (χ4v) is 2.52. The average Bonchev–Trinajstić information content (AvgIpc) is 2.55. The quantitative estimate of drug-likeness (QED) is 0.759. The van der Waals surface area contributed by atoms with Gasteiger partial charge in [0.15, 0.2) is 5.82 Å². The van der Waals surface area contributed by atoms with Gasteiger partial charge in [-0.3, -0.25) is 4.79 Å². The molecule has 2 aromatic carbocycles. The number of halogens is 2. The zero-order chi connectivity index (χ0) is 16.4. The van der Waals surface area contributed by atoms with Crippen LogP contribution < -0.4 is 5.56 Å². The van der Waals surface area contributed by atoms with E-state index in [1.807, 2.05) is 6.07 Å². The molecule has 0 radical (unpaired) electrons. The Balaban J connectivity index is 2.09. The summed E-state index contributed by atoms with van der Waals surface area (Å²) in [4.78, 5) is 19.1. The van der Waals surface area contributed by atoms with Crippen molar-refractivity contribution in [3.05, 3.63) is 74.8 Å². The van der Waals surface area contributed by atoms with E-state index in [4.69, 9.17) is 28.5 Å². The summed E-state index contributed by atoms with van der Waals surface area (Å²) in [5.41, 5.74) is 1.46. The summed E-state index contributed by atoms with van der Waals surface area (Å²) in [5, 5.41) is 10.1. The van der Waals surface area contributed by atoms with Crippen molar-refractivity contribution in [2.45, 2.75) is 0 Å². The summed E-state index contributed by atoms with van der Waals surface area (Å²) in [6.45, 7) is 0. The summed E-state index contributed by atoms with van der Waals surface area (Å²) in [6.07, 6.45) is 1.64. The van der Waals surface area contributed by atoms with E-state index in [0.717, 1.165) is 5.56 Å². The third kappa shape index (κ3) is 3.26. The summed E-state index contributed by atoms with van der Waals surface area (Å²) < 4.78 is 0. The van der Waals surface area contributed by atoms with Gasteiger partial charge in [-0.15, -0.1) is 0 Å². The number of nitriles is 1. The van der Waals surface area contributed by atoms with Crippen LogP contribution in [0.25, 0.3) is 22.0 Å². The van der Waals surface area contributed by atoms with Crippen LogP contribution in [0.5, 0.6) is 0 Å². The molecule has 0 saturated heterocycles. The van der Waals surface area contributed by atoms with Gasteiger partial charge in [0.1, 0.15) is 0 Å². The zero-order valence-corrected chi connectivity index (χ0v) is 13.2. The predicted octanol–water partition coefficient (Wildman–Crippen LogP) is 4.19. The fourth-order valence-electron chi connectivity index (χ4n) is 2.14. The number of nitrogens with one attached hydrogen (secondary N) is 1. The van der Waals surface area contributed by atoms with Crippen molar-refractivity contribution in [1.29, 1.82) is 5.26 Å². The molecule has 0 amide bonds. The highest BCUT2D eigenvalue weighted by Gasteiger charge is 2.07. The molecule has 0 spiro atoms. The summed E-state index contributed by atoms with van der Waals surface area (Å²) >= 11 is 12.1. The average molecular weight is 342 g/mol. The van der Waals surface area contributed by atoms with E-state index in [1.165, 1.54) is 0 Å². The number of aromatic amines is 1. The van der Waals surface area contributed by atoms with Crippen molar-refractivity contribution >= 4 is 45.2 Å². The SMILES string of the molecule is N#Cc1cccc(/C=C(\Cl)c2nc3ccc(Cl)cc3c(=O)[nH]2)c1. The van der Waals surface area contributed by atoms with E-state index in [-0.39, 0.29) is 16.4 Å². The van der Waals surface area contributed by atoms with Gasteiger partial charge in [-0.2, -0.15) is 5.26 Å². The lowest BCUT2D eigenvalue weighted by Gasteiger charge is -2.03. The summed E-state index contributed by atoms with van der Waals surface area (Å²) in [6, 6.07) is 13.9. The van der Waals surface area contributed by atoms with Crippen LogP contribution in [-0.2, 0) is 0 Å². The Morgan fingerprint density at radius 2 is 2.09 bits per heavy atom. The first kappa shape index (κ1) is 15.3. The van der Waals surface area contributed by atoms with Gasteiger partial charge in [0.2, 0.25) is 0 Å². The van der Waals surface area contributed by atoms with E-state index >= 15 is 0 Å². The molecule has 0 saturated carbocycles. The van der Waals surface area contributed by atoms with Gasteiger partial charge in [-0.25, -0.2) is 4.98 Å². The molecule has 0 bridgehead atoms. The lowest BCUT2D eigenvalue weighted by atomic mass is 10.1. The molecule has 23 heavy (non-hydrogen) atoms. The Hall–Kier alpha value is -2.61. The summed E-state index contributed by atoms with van der Waals surface area (Å²) in [5.74, 6) is 0.258. The number of H-pyrrole nitrogens is 1. The van der Waals surface area contributed by atoms with E-state index in [9.17, 15) is 4.79 Å². The van der Waals surface area contributed by atoms with Crippen LogP contribution in [0, 0.1) is 11.3 Å². The molecule has 0 aliphatic rings. The Kier molecular flexibility index (Phi) is 4.16. The molecule has 0 aliphatic heterocycles. The molecular formula is C17H9Cl2N3O. The number of hydrogen-bond donors (Lipinski definition) is 1. The van der Waals surface area contributed by atoms with Gasteiger partial charge < -0.3 is 4.98 Å². The number of aromatic nitrogens is 2. The molecule has 4 nitrogen and oxygen atoms in total. The minimum absolute atomic E-state index is 0.258. The monoisotopic (exact) mass is 341 g/mol. The maximum Gasteiger partial charge on any atom is 0.259 e. The third-order valence-corrected chi connectivity index (χ3v) is 3.73. The second kappa shape index (κ2) is 6.25. The van der Waals surface area contributed by atoms with E-state index < -0.39 is 0 Å². The Bertz CT molecular complexity index is 1030. The van der Waals surface area contributed by atoms with E-state index in [2.05, 4.69) is 16.0 Å². The molecular weight excluding hydrogens is 333 g/mol. The predicted molar refractivity (Wildman–Crippen MR) is 92.3 cm³/mol. The van der Waals surface area contributed by atoms with Crippen molar-refractivity contribution < 1.29 is 0 Å². The van der Waals surface area contributed by atoms with Crippen LogP contribution in [0.2, 0.25) is 5.02 Å². The molecule has 3 aromatic rings. The minimum Gasteiger partial charge on any atom is -0.305 e. The number of nitrogens with zero attached hydrogens (tertiary/aromatic N) is 2. The standard InChI is InChI=1S/C17H9Cl2N3O/c18-12-4-5-15-13(8-12)17(23)22-16(21-15)14(19)7-10-2-1-3-11(6-10)9-20/h1-8H,(H,21,22,23)/b14-7-. The largest absolute Gasteiger partial charge is 0.305 e. The topological polar surface area (TPSA) is 69.5 Å². The molecule has 0 unspecified atom stereocenters. The Morgan fingerprint density at radius 3 is 2.87 bits per heavy atom. The Morgan fingerprint density at radius 1 is 1.26 bits per heavy atom. The maximum atomic E-state index is 12.1. The number of fused-ring (bicyclic) bond motifs is 1. The maximum absolute atomic E-state index is 12.1. The lowest BCUT2D eigenvalue weighted by molar-refractivity contribution is 1.14. The van der Waals surface area contributed by atoms with Gasteiger partial charge in [0.05, 0.1) is 27.6 Å². The minimum atomic E-state index is -0.315. The van der Waals surface area contributed by atoms with Crippen LogP contribution in [0.3, 0.4) is 0 Å². The zero-order valence-electron chi connectivity index (χ0n) is 11.7. The fraction of sp³-hybridized carbons (Fsp3) is 0.